The predicted molar refractivity (Wildman–Crippen MR) is 97.2 cm³/mol. The maximum absolute atomic E-state index is 11.2. The quantitative estimate of drug-likeness (QED) is 0.761. The van der Waals surface area contributed by atoms with Gasteiger partial charge in [-0.2, -0.15) is 0 Å². The number of carbonyl (C=O) groups excluding carboxylic acids is 1. The molecule has 0 bridgehead atoms. The molecule has 23 heavy (non-hydrogen) atoms. The summed E-state index contributed by atoms with van der Waals surface area (Å²) < 4.78 is 0. The molecule has 2 aromatic rings. The number of halogens is 2. The van der Waals surface area contributed by atoms with Crippen molar-refractivity contribution in [3.8, 4) is 0 Å². The number of rotatable bonds is 5. The Morgan fingerprint density at radius 2 is 1.61 bits per heavy atom. The summed E-state index contributed by atoms with van der Waals surface area (Å²) in [6, 6.07) is 13.7. The van der Waals surface area contributed by atoms with E-state index >= 15 is 0 Å². The van der Waals surface area contributed by atoms with Crippen LogP contribution in [0.25, 0.3) is 0 Å². The number of anilines is 1. The third-order valence-corrected chi connectivity index (χ3v) is 4.39. The Hall–Kier alpha value is -1.55. The van der Waals surface area contributed by atoms with E-state index in [1.807, 2.05) is 36.4 Å². The van der Waals surface area contributed by atoms with Gasteiger partial charge in [0.25, 0.3) is 0 Å². The molecule has 0 aliphatic rings. The summed E-state index contributed by atoms with van der Waals surface area (Å²) >= 11 is 12.0. The molecule has 0 saturated carbocycles. The van der Waals surface area contributed by atoms with Crippen molar-refractivity contribution in [2.75, 3.05) is 5.32 Å². The van der Waals surface area contributed by atoms with Gasteiger partial charge in [-0.15, -0.1) is 0 Å². The number of hydrogen-bond acceptors (Lipinski definition) is 2. The van der Waals surface area contributed by atoms with Gasteiger partial charge in [0.1, 0.15) is 0 Å². The molecule has 0 saturated heterocycles. The number of carbonyl (C=O) groups is 1. The van der Waals surface area contributed by atoms with Gasteiger partial charge < -0.3 is 10.6 Å². The van der Waals surface area contributed by atoms with Crippen molar-refractivity contribution >= 4 is 34.8 Å². The summed E-state index contributed by atoms with van der Waals surface area (Å²) in [6.45, 7) is 5.66. The fourth-order valence-corrected chi connectivity index (χ4v) is 2.74. The number of benzene rings is 2. The average molecular weight is 351 g/mol. The highest BCUT2D eigenvalue weighted by molar-refractivity contribution is 6.42. The van der Waals surface area contributed by atoms with Gasteiger partial charge in [-0.1, -0.05) is 41.4 Å². The molecule has 2 aromatic carbocycles. The van der Waals surface area contributed by atoms with E-state index < -0.39 is 0 Å². The van der Waals surface area contributed by atoms with Crippen LogP contribution in [0.1, 0.15) is 44.0 Å². The van der Waals surface area contributed by atoms with Crippen LogP contribution in [0.3, 0.4) is 0 Å². The zero-order chi connectivity index (χ0) is 17.0. The summed E-state index contributed by atoms with van der Waals surface area (Å²) in [6.07, 6.45) is 0. The lowest BCUT2D eigenvalue weighted by molar-refractivity contribution is -0.114. The Labute approximate surface area is 147 Å². The first-order valence-corrected chi connectivity index (χ1v) is 8.21. The van der Waals surface area contributed by atoms with Crippen molar-refractivity contribution in [2.24, 2.45) is 0 Å². The Kier molecular flexibility index (Phi) is 6.05. The highest BCUT2D eigenvalue weighted by Crippen LogP contribution is 2.27. The van der Waals surface area contributed by atoms with E-state index in [0.29, 0.717) is 10.0 Å². The highest BCUT2D eigenvalue weighted by Gasteiger charge is 2.13. The molecule has 1 amide bonds. The number of amides is 1. The molecule has 2 N–H and O–H groups in total. The Balaban J connectivity index is 2.09. The van der Waals surface area contributed by atoms with Gasteiger partial charge in [0.2, 0.25) is 5.91 Å². The molecule has 0 fully saturated rings. The van der Waals surface area contributed by atoms with E-state index in [1.54, 1.807) is 6.07 Å². The molecular weight excluding hydrogens is 331 g/mol. The van der Waals surface area contributed by atoms with Crippen LogP contribution in [-0.4, -0.2) is 5.91 Å². The standard InChI is InChI=1S/C18H20Cl2N2O/c1-11(14-5-4-6-16(9-14)22-13(3)23)21-12(2)15-7-8-17(19)18(20)10-15/h4-12,21H,1-3H3,(H,22,23). The zero-order valence-electron chi connectivity index (χ0n) is 13.4. The predicted octanol–water partition coefficient (Wildman–Crippen LogP) is 5.36. The van der Waals surface area contributed by atoms with E-state index in [2.05, 4.69) is 24.5 Å². The minimum Gasteiger partial charge on any atom is -0.326 e. The van der Waals surface area contributed by atoms with Crippen LogP contribution < -0.4 is 10.6 Å². The van der Waals surface area contributed by atoms with Gasteiger partial charge in [-0.3, -0.25) is 4.79 Å². The van der Waals surface area contributed by atoms with E-state index in [4.69, 9.17) is 23.2 Å². The summed E-state index contributed by atoms with van der Waals surface area (Å²) in [5, 5.41) is 7.43. The second kappa shape index (κ2) is 7.82. The first kappa shape index (κ1) is 17.8. The number of nitrogens with one attached hydrogen (secondary N) is 2. The lowest BCUT2D eigenvalue weighted by atomic mass is 10.0. The van der Waals surface area contributed by atoms with Crippen molar-refractivity contribution in [2.45, 2.75) is 32.9 Å². The smallest absolute Gasteiger partial charge is 0.221 e. The van der Waals surface area contributed by atoms with Gasteiger partial charge in [-0.25, -0.2) is 0 Å². The highest BCUT2D eigenvalue weighted by atomic mass is 35.5. The molecule has 0 aliphatic carbocycles. The molecule has 2 atom stereocenters. The first-order chi connectivity index (χ1) is 10.9. The fraction of sp³-hybridized carbons (Fsp3) is 0.278. The summed E-state index contributed by atoms with van der Waals surface area (Å²) in [7, 11) is 0. The van der Waals surface area contributed by atoms with Gasteiger partial charge >= 0.3 is 0 Å². The van der Waals surface area contributed by atoms with Crippen LogP contribution in [0.15, 0.2) is 42.5 Å². The van der Waals surface area contributed by atoms with Gasteiger partial charge in [-0.05, 0) is 49.2 Å². The summed E-state index contributed by atoms with van der Waals surface area (Å²) in [5.74, 6) is -0.0769. The van der Waals surface area contributed by atoms with Crippen molar-refractivity contribution in [3.63, 3.8) is 0 Å². The molecule has 3 nitrogen and oxygen atoms in total. The minimum atomic E-state index is -0.0769. The van der Waals surface area contributed by atoms with E-state index in [-0.39, 0.29) is 18.0 Å². The van der Waals surface area contributed by atoms with Gasteiger partial charge in [0.15, 0.2) is 0 Å². The SMILES string of the molecule is CC(=O)Nc1cccc(C(C)NC(C)c2ccc(Cl)c(Cl)c2)c1. The van der Waals surface area contributed by atoms with Gasteiger partial charge in [0, 0.05) is 24.7 Å². The van der Waals surface area contributed by atoms with E-state index in [9.17, 15) is 4.79 Å². The second-order valence-electron chi connectivity index (χ2n) is 5.59. The fourth-order valence-electron chi connectivity index (χ4n) is 2.44. The lowest BCUT2D eigenvalue weighted by Crippen LogP contribution is -2.22. The minimum absolute atomic E-state index is 0.0769. The summed E-state index contributed by atoms with van der Waals surface area (Å²) in [5.41, 5.74) is 2.97. The Bertz CT molecular complexity index is 703. The van der Waals surface area contributed by atoms with Crippen molar-refractivity contribution in [3.05, 3.63) is 63.6 Å². The lowest BCUT2D eigenvalue weighted by Gasteiger charge is -2.21. The average Bonchev–Trinajstić information content (AvgIpc) is 2.49. The van der Waals surface area contributed by atoms with E-state index in [0.717, 1.165) is 16.8 Å². The van der Waals surface area contributed by atoms with Crippen LogP contribution in [-0.2, 0) is 4.79 Å². The Morgan fingerprint density at radius 3 is 2.22 bits per heavy atom. The monoisotopic (exact) mass is 350 g/mol. The maximum atomic E-state index is 11.2. The third kappa shape index (κ3) is 4.96. The molecule has 5 heteroatoms. The van der Waals surface area contributed by atoms with E-state index in [1.165, 1.54) is 6.92 Å². The maximum Gasteiger partial charge on any atom is 0.221 e. The van der Waals surface area contributed by atoms with Crippen LogP contribution >= 0.6 is 23.2 Å². The topological polar surface area (TPSA) is 41.1 Å². The first-order valence-electron chi connectivity index (χ1n) is 7.45. The van der Waals surface area contributed by atoms with Gasteiger partial charge in [0.05, 0.1) is 10.0 Å². The normalized spacial score (nSPS) is 13.4. The van der Waals surface area contributed by atoms with Crippen LogP contribution in [0.2, 0.25) is 10.0 Å². The molecule has 122 valence electrons. The zero-order valence-corrected chi connectivity index (χ0v) is 14.9. The van der Waals surface area contributed by atoms with Crippen molar-refractivity contribution in [1.29, 1.82) is 0 Å². The molecule has 2 unspecified atom stereocenters. The van der Waals surface area contributed by atoms with Crippen LogP contribution in [0.5, 0.6) is 0 Å². The third-order valence-electron chi connectivity index (χ3n) is 3.65. The summed E-state index contributed by atoms with van der Waals surface area (Å²) in [4.78, 5) is 11.2. The van der Waals surface area contributed by atoms with Crippen LogP contribution in [0.4, 0.5) is 5.69 Å². The molecule has 0 aliphatic heterocycles. The molecular formula is C18H20Cl2N2O. The largest absolute Gasteiger partial charge is 0.326 e. The molecule has 0 heterocycles. The molecule has 0 radical (unpaired) electrons. The van der Waals surface area contributed by atoms with Crippen molar-refractivity contribution < 1.29 is 4.79 Å². The number of hydrogen-bond donors (Lipinski definition) is 2. The second-order valence-corrected chi connectivity index (χ2v) is 6.40. The molecule has 2 rings (SSSR count). The molecule has 0 spiro atoms. The Morgan fingerprint density at radius 1 is 0.957 bits per heavy atom. The van der Waals surface area contributed by atoms with Crippen molar-refractivity contribution in [1.82, 2.24) is 5.32 Å². The van der Waals surface area contributed by atoms with Crippen LogP contribution in [0, 0.1) is 0 Å². The molecule has 0 aromatic heterocycles.